The first kappa shape index (κ1) is 13.7. The van der Waals surface area contributed by atoms with Crippen molar-refractivity contribution in [1.82, 2.24) is 14.4 Å². The molecule has 4 nitrogen and oxygen atoms in total. The third-order valence-electron chi connectivity index (χ3n) is 4.21. The molecule has 23 heavy (non-hydrogen) atoms. The maximum absolute atomic E-state index is 9.66. The first-order valence-electron chi connectivity index (χ1n) is 7.60. The van der Waals surface area contributed by atoms with Gasteiger partial charge in [0.2, 0.25) is 0 Å². The van der Waals surface area contributed by atoms with Crippen LogP contribution in [0.2, 0.25) is 0 Å². The molecule has 3 aromatic heterocycles. The Morgan fingerprint density at radius 3 is 2.39 bits per heavy atom. The van der Waals surface area contributed by atoms with Crippen LogP contribution < -0.4 is 0 Å². The molecule has 4 heteroatoms. The van der Waals surface area contributed by atoms with Crippen molar-refractivity contribution in [3.05, 3.63) is 53.7 Å². The van der Waals surface area contributed by atoms with Crippen LogP contribution in [-0.4, -0.2) is 14.4 Å². The van der Waals surface area contributed by atoms with Gasteiger partial charge in [-0.2, -0.15) is 5.26 Å². The van der Waals surface area contributed by atoms with E-state index in [-0.39, 0.29) is 5.41 Å². The van der Waals surface area contributed by atoms with E-state index >= 15 is 0 Å². The van der Waals surface area contributed by atoms with Crippen LogP contribution >= 0.6 is 0 Å². The van der Waals surface area contributed by atoms with E-state index in [0.717, 1.165) is 22.2 Å². The number of nitrogens with zero attached hydrogens (tertiary/aromatic N) is 4. The molecule has 0 saturated heterocycles. The Morgan fingerprint density at radius 2 is 1.74 bits per heavy atom. The fourth-order valence-electron chi connectivity index (χ4n) is 2.90. The molecule has 1 aromatic carbocycles. The van der Waals surface area contributed by atoms with E-state index in [2.05, 4.69) is 44.0 Å². The number of para-hydroxylation sites is 2. The minimum Gasteiger partial charge on any atom is -0.299 e. The Labute approximate surface area is 134 Å². The van der Waals surface area contributed by atoms with Crippen molar-refractivity contribution in [1.29, 1.82) is 5.26 Å². The van der Waals surface area contributed by atoms with E-state index in [9.17, 15) is 5.26 Å². The number of pyridine rings is 1. The molecule has 0 bridgehead atoms. The highest BCUT2D eigenvalue weighted by Gasteiger charge is 2.19. The van der Waals surface area contributed by atoms with Gasteiger partial charge in [-0.15, -0.1) is 0 Å². The molecule has 0 aliphatic carbocycles. The Kier molecular flexibility index (Phi) is 2.70. The van der Waals surface area contributed by atoms with Crippen molar-refractivity contribution >= 4 is 27.7 Å². The summed E-state index contributed by atoms with van der Waals surface area (Å²) in [6.07, 6.45) is 1.99. The van der Waals surface area contributed by atoms with Gasteiger partial charge in [-0.3, -0.25) is 4.40 Å². The number of rotatable bonds is 0. The Hall–Kier alpha value is -2.93. The van der Waals surface area contributed by atoms with Gasteiger partial charge < -0.3 is 0 Å². The van der Waals surface area contributed by atoms with E-state index in [1.165, 1.54) is 5.56 Å². The van der Waals surface area contributed by atoms with Gasteiger partial charge in [0, 0.05) is 6.20 Å². The van der Waals surface area contributed by atoms with Crippen molar-refractivity contribution in [2.24, 2.45) is 0 Å². The van der Waals surface area contributed by atoms with E-state index in [1.54, 1.807) is 0 Å². The van der Waals surface area contributed by atoms with E-state index in [1.807, 2.05) is 34.9 Å². The Morgan fingerprint density at radius 1 is 1.04 bits per heavy atom. The van der Waals surface area contributed by atoms with Gasteiger partial charge in [-0.05, 0) is 35.2 Å². The lowest BCUT2D eigenvalue weighted by atomic mass is 9.87. The quantitative estimate of drug-likeness (QED) is 0.489. The van der Waals surface area contributed by atoms with Crippen LogP contribution in [0.5, 0.6) is 0 Å². The Balaban J connectivity index is 2.18. The monoisotopic (exact) mass is 300 g/mol. The smallest absolute Gasteiger partial charge is 0.165 e. The molecule has 112 valence electrons. The maximum Gasteiger partial charge on any atom is 0.165 e. The molecule has 0 spiro atoms. The van der Waals surface area contributed by atoms with E-state index in [0.29, 0.717) is 11.1 Å². The number of aromatic nitrogens is 3. The first-order chi connectivity index (χ1) is 11.0. The summed E-state index contributed by atoms with van der Waals surface area (Å²) in [7, 11) is 0. The van der Waals surface area contributed by atoms with Crippen molar-refractivity contribution in [2.75, 3.05) is 0 Å². The molecule has 4 rings (SSSR count). The predicted molar refractivity (Wildman–Crippen MR) is 91.4 cm³/mol. The number of hydrogen-bond donors (Lipinski definition) is 0. The van der Waals surface area contributed by atoms with Gasteiger partial charge in [-0.1, -0.05) is 32.9 Å². The molecule has 0 unspecified atom stereocenters. The average Bonchev–Trinajstić information content (AvgIpc) is 2.84. The summed E-state index contributed by atoms with van der Waals surface area (Å²) >= 11 is 0. The third kappa shape index (κ3) is 1.97. The third-order valence-corrected chi connectivity index (χ3v) is 4.21. The predicted octanol–water partition coefficient (Wildman–Crippen LogP) is 4.20. The molecule has 0 aliphatic heterocycles. The molecular formula is C19H16N4. The average molecular weight is 300 g/mol. The molecule has 0 N–H and O–H groups in total. The molecule has 4 aromatic rings. The largest absolute Gasteiger partial charge is 0.299 e. The van der Waals surface area contributed by atoms with Gasteiger partial charge in [0.25, 0.3) is 0 Å². The fraction of sp³-hybridized carbons (Fsp3) is 0.211. The summed E-state index contributed by atoms with van der Waals surface area (Å²) < 4.78 is 1.96. The lowest BCUT2D eigenvalue weighted by molar-refractivity contribution is 0.590. The van der Waals surface area contributed by atoms with Gasteiger partial charge in [0.1, 0.15) is 17.1 Å². The van der Waals surface area contributed by atoms with Gasteiger partial charge in [0.15, 0.2) is 5.65 Å². The van der Waals surface area contributed by atoms with Crippen molar-refractivity contribution in [3.63, 3.8) is 0 Å². The van der Waals surface area contributed by atoms with Crippen molar-refractivity contribution in [2.45, 2.75) is 26.2 Å². The highest BCUT2D eigenvalue weighted by molar-refractivity contribution is 5.94. The van der Waals surface area contributed by atoms with Crippen LogP contribution in [0.15, 0.2) is 42.6 Å². The number of benzene rings is 1. The molecule has 0 fully saturated rings. The van der Waals surface area contributed by atoms with Gasteiger partial charge in [0.05, 0.1) is 16.6 Å². The van der Waals surface area contributed by atoms with Crippen LogP contribution in [0, 0.1) is 11.3 Å². The first-order valence-corrected chi connectivity index (χ1v) is 7.60. The molecule has 0 atom stereocenters. The topological polar surface area (TPSA) is 54.0 Å². The lowest BCUT2D eigenvalue weighted by Crippen LogP contribution is -2.11. The van der Waals surface area contributed by atoms with E-state index in [4.69, 9.17) is 4.98 Å². The normalized spacial score (nSPS) is 12.1. The van der Waals surface area contributed by atoms with Crippen molar-refractivity contribution < 1.29 is 0 Å². The summed E-state index contributed by atoms with van der Waals surface area (Å²) in [4.78, 5) is 9.39. The maximum atomic E-state index is 9.66. The summed E-state index contributed by atoms with van der Waals surface area (Å²) in [5.74, 6) is 0. The number of nitriles is 1. The fourth-order valence-corrected chi connectivity index (χ4v) is 2.90. The Bertz CT molecular complexity index is 1110. The highest BCUT2D eigenvalue weighted by Crippen LogP contribution is 2.29. The zero-order valence-electron chi connectivity index (χ0n) is 13.3. The second-order valence-corrected chi connectivity index (χ2v) is 6.79. The minimum atomic E-state index is 0.0243. The number of hydrogen-bond acceptors (Lipinski definition) is 3. The summed E-state index contributed by atoms with van der Waals surface area (Å²) in [5, 5.41) is 9.66. The second-order valence-electron chi connectivity index (χ2n) is 6.79. The molecule has 0 amide bonds. The summed E-state index contributed by atoms with van der Waals surface area (Å²) in [5.41, 5.74) is 5.71. The van der Waals surface area contributed by atoms with E-state index < -0.39 is 0 Å². The van der Waals surface area contributed by atoms with Crippen molar-refractivity contribution in [3.8, 4) is 6.07 Å². The van der Waals surface area contributed by atoms with Crippen LogP contribution in [0.1, 0.15) is 31.9 Å². The minimum absolute atomic E-state index is 0.0243. The molecular weight excluding hydrogens is 284 g/mol. The molecule has 3 heterocycles. The lowest BCUT2D eigenvalue weighted by Gasteiger charge is -2.19. The summed E-state index contributed by atoms with van der Waals surface area (Å²) in [6.45, 7) is 6.50. The summed E-state index contributed by atoms with van der Waals surface area (Å²) in [6, 6.07) is 14.2. The molecule has 0 aliphatic rings. The second kappa shape index (κ2) is 4.53. The molecule has 0 radical (unpaired) electrons. The molecule has 0 saturated carbocycles. The zero-order chi connectivity index (χ0) is 16.2. The zero-order valence-corrected chi connectivity index (χ0v) is 13.3. The standard InChI is InChI=1S/C19H16N4/c1-19(2,3)12-8-9-23-16(10-12)13(11-20)17-18(23)22-15-7-5-4-6-14(15)21-17/h4-10H,1-3H3. The SMILES string of the molecule is CC(C)(C)c1ccn2c(c1)c(C#N)c1nc3ccccc3nc12. The van der Waals surface area contributed by atoms with Crippen LogP contribution in [0.25, 0.3) is 27.7 Å². The van der Waals surface area contributed by atoms with Crippen LogP contribution in [-0.2, 0) is 5.41 Å². The van der Waals surface area contributed by atoms with Gasteiger partial charge in [-0.25, -0.2) is 9.97 Å². The van der Waals surface area contributed by atoms with Gasteiger partial charge >= 0.3 is 0 Å². The van der Waals surface area contributed by atoms with Crippen LogP contribution in [0.3, 0.4) is 0 Å². The van der Waals surface area contributed by atoms with Crippen LogP contribution in [0.4, 0.5) is 0 Å². The number of fused-ring (bicyclic) bond motifs is 4. The highest BCUT2D eigenvalue weighted by atomic mass is 15.0.